The van der Waals surface area contributed by atoms with E-state index < -0.39 is 23.7 Å². The van der Waals surface area contributed by atoms with Crippen molar-refractivity contribution in [3.63, 3.8) is 0 Å². The van der Waals surface area contributed by atoms with Crippen LogP contribution >= 0.6 is 0 Å². The molecule has 2 atom stereocenters. The Labute approximate surface area is 123 Å². The number of carbonyl (C=O) groups excluding carboxylic acids is 1. The zero-order valence-electron chi connectivity index (χ0n) is 12.4. The number of benzene rings is 1. The van der Waals surface area contributed by atoms with Crippen molar-refractivity contribution in [1.82, 2.24) is 5.32 Å². The van der Waals surface area contributed by atoms with Crippen LogP contribution in [0, 0.1) is 11.7 Å². The average molecular weight is 297 g/mol. The summed E-state index contributed by atoms with van der Waals surface area (Å²) in [6.45, 7) is 3.15. The normalized spacial score (nSPS) is 13.3. The number of nitrogens with one attached hydrogen (secondary N) is 1. The zero-order valence-corrected chi connectivity index (χ0v) is 12.4. The molecule has 1 aromatic carbocycles. The van der Waals surface area contributed by atoms with Crippen molar-refractivity contribution < 1.29 is 23.8 Å². The van der Waals surface area contributed by atoms with Crippen LogP contribution in [0.15, 0.2) is 18.2 Å². The molecule has 1 rings (SSSR count). The lowest BCUT2D eigenvalue weighted by molar-refractivity contribution is -0.142. The number of halogens is 1. The van der Waals surface area contributed by atoms with Gasteiger partial charge in [0.25, 0.3) is 0 Å². The molecule has 5 nitrogen and oxygen atoms in total. The van der Waals surface area contributed by atoms with E-state index in [2.05, 4.69) is 5.32 Å². The lowest BCUT2D eigenvalue weighted by Crippen LogP contribution is -2.40. The Morgan fingerprint density at radius 2 is 2.05 bits per heavy atom. The molecular formula is C15H20FNO4. The first-order valence-corrected chi connectivity index (χ1v) is 6.70. The molecule has 0 heterocycles. The first kappa shape index (κ1) is 16.9. The Hall–Kier alpha value is -2.11. The van der Waals surface area contributed by atoms with Gasteiger partial charge in [0.15, 0.2) is 11.6 Å². The average Bonchev–Trinajstić information content (AvgIpc) is 2.45. The minimum atomic E-state index is -0.971. The van der Waals surface area contributed by atoms with Crippen molar-refractivity contribution >= 4 is 11.9 Å². The monoisotopic (exact) mass is 297 g/mol. The van der Waals surface area contributed by atoms with Crippen molar-refractivity contribution in [2.45, 2.75) is 32.7 Å². The van der Waals surface area contributed by atoms with E-state index in [4.69, 9.17) is 9.84 Å². The number of carboxylic acid groups (broad SMARTS) is 1. The van der Waals surface area contributed by atoms with Gasteiger partial charge in [-0.25, -0.2) is 4.39 Å². The van der Waals surface area contributed by atoms with E-state index in [1.165, 1.54) is 20.1 Å². The number of aliphatic carboxylic acids is 1. The van der Waals surface area contributed by atoms with Gasteiger partial charge in [0.2, 0.25) is 5.91 Å². The van der Waals surface area contributed by atoms with Gasteiger partial charge < -0.3 is 15.2 Å². The predicted octanol–water partition coefficient (Wildman–Crippen LogP) is 1.99. The fourth-order valence-electron chi connectivity index (χ4n) is 1.82. The quantitative estimate of drug-likeness (QED) is 0.807. The molecule has 21 heavy (non-hydrogen) atoms. The zero-order chi connectivity index (χ0) is 16.0. The molecule has 0 aliphatic carbocycles. The highest BCUT2D eigenvalue weighted by Crippen LogP contribution is 2.20. The molecule has 0 bridgehead atoms. The summed E-state index contributed by atoms with van der Waals surface area (Å²) >= 11 is 0. The van der Waals surface area contributed by atoms with E-state index in [9.17, 15) is 14.0 Å². The molecular weight excluding hydrogens is 277 g/mol. The van der Waals surface area contributed by atoms with Crippen LogP contribution in [-0.2, 0) is 16.0 Å². The minimum Gasteiger partial charge on any atom is -0.494 e. The van der Waals surface area contributed by atoms with Crippen LogP contribution in [0.1, 0.15) is 25.8 Å². The summed E-state index contributed by atoms with van der Waals surface area (Å²) in [4.78, 5) is 22.6. The van der Waals surface area contributed by atoms with E-state index in [0.29, 0.717) is 5.56 Å². The largest absolute Gasteiger partial charge is 0.494 e. The fraction of sp³-hybridized carbons (Fsp3) is 0.467. The molecule has 2 unspecified atom stereocenters. The predicted molar refractivity (Wildman–Crippen MR) is 75.7 cm³/mol. The Bertz CT molecular complexity index is 518. The molecule has 1 amide bonds. The molecule has 2 N–H and O–H groups in total. The molecule has 0 saturated heterocycles. The Morgan fingerprint density at radius 1 is 1.38 bits per heavy atom. The van der Waals surface area contributed by atoms with Gasteiger partial charge >= 0.3 is 5.97 Å². The summed E-state index contributed by atoms with van der Waals surface area (Å²) in [6, 6.07) is 4.28. The van der Waals surface area contributed by atoms with Gasteiger partial charge in [-0.15, -0.1) is 0 Å². The summed E-state index contributed by atoms with van der Waals surface area (Å²) < 4.78 is 18.8. The number of rotatable bonds is 7. The van der Waals surface area contributed by atoms with Crippen LogP contribution in [0.2, 0.25) is 0 Å². The maximum Gasteiger partial charge on any atom is 0.308 e. The molecule has 0 aromatic heterocycles. The number of ether oxygens (including phenoxy) is 1. The van der Waals surface area contributed by atoms with Gasteiger partial charge in [-0.05, 0) is 31.9 Å². The highest BCUT2D eigenvalue weighted by molar-refractivity contribution is 5.78. The van der Waals surface area contributed by atoms with Gasteiger partial charge in [0.1, 0.15) is 0 Å². The third-order valence-electron chi connectivity index (χ3n) is 3.41. The van der Waals surface area contributed by atoms with Crippen LogP contribution in [-0.4, -0.2) is 30.1 Å². The number of carbonyl (C=O) groups is 2. The summed E-state index contributed by atoms with van der Waals surface area (Å²) in [5.41, 5.74) is 0.392. The molecule has 0 fully saturated rings. The Kier molecular flexibility index (Phi) is 6.14. The van der Waals surface area contributed by atoms with Crippen molar-refractivity contribution in [2.24, 2.45) is 5.92 Å². The lowest BCUT2D eigenvalue weighted by atomic mass is 10.0. The van der Waals surface area contributed by atoms with E-state index in [1.54, 1.807) is 19.1 Å². The Morgan fingerprint density at radius 3 is 2.62 bits per heavy atom. The second-order valence-electron chi connectivity index (χ2n) is 4.92. The van der Waals surface area contributed by atoms with Gasteiger partial charge in [-0.2, -0.15) is 0 Å². The topological polar surface area (TPSA) is 75.6 Å². The van der Waals surface area contributed by atoms with Gasteiger partial charge in [-0.3, -0.25) is 9.59 Å². The first-order valence-electron chi connectivity index (χ1n) is 6.70. The molecule has 0 aliphatic rings. The summed E-state index contributed by atoms with van der Waals surface area (Å²) in [5.74, 6) is -2.29. The molecule has 0 aliphatic heterocycles. The number of hydrogen-bond acceptors (Lipinski definition) is 3. The maximum absolute atomic E-state index is 13.9. The smallest absolute Gasteiger partial charge is 0.308 e. The highest BCUT2D eigenvalue weighted by atomic mass is 19.1. The van der Waals surface area contributed by atoms with E-state index in [1.807, 2.05) is 0 Å². The molecule has 6 heteroatoms. The van der Waals surface area contributed by atoms with E-state index in [0.717, 1.165) is 0 Å². The third kappa shape index (κ3) is 4.73. The molecule has 0 radical (unpaired) electrons. The number of methoxy groups -OCH3 is 1. The lowest BCUT2D eigenvalue weighted by Gasteiger charge is -2.17. The van der Waals surface area contributed by atoms with Crippen LogP contribution in [0.5, 0.6) is 5.75 Å². The van der Waals surface area contributed by atoms with Crippen LogP contribution in [0.25, 0.3) is 0 Å². The second kappa shape index (κ2) is 7.61. The van der Waals surface area contributed by atoms with E-state index >= 15 is 0 Å². The molecule has 0 spiro atoms. The molecule has 116 valence electrons. The fourth-order valence-corrected chi connectivity index (χ4v) is 1.82. The van der Waals surface area contributed by atoms with Crippen LogP contribution in [0.3, 0.4) is 0 Å². The highest BCUT2D eigenvalue weighted by Gasteiger charge is 2.21. The third-order valence-corrected chi connectivity index (χ3v) is 3.41. The van der Waals surface area contributed by atoms with Crippen molar-refractivity contribution in [3.05, 3.63) is 29.6 Å². The van der Waals surface area contributed by atoms with Crippen molar-refractivity contribution in [1.29, 1.82) is 0 Å². The second-order valence-corrected chi connectivity index (χ2v) is 4.92. The van der Waals surface area contributed by atoms with Gasteiger partial charge in [-0.1, -0.05) is 12.1 Å². The summed E-state index contributed by atoms with van der Waals surface area (Å²) in [5, 5.41) is 11.5. The molecule has 1 aromatic rings. The standard InChI is InChI=1S/C15H20FNO4/c1-9(15(19)20)10(2)17-13(18)8-7-11-5-4-6-12(21-3)14(11)16/h4-6,9-10H,7-8H2,1-3H3,(H,17,18)(H,19,20). The van der Waals surface area contributed by atoms with Crippen molar-refractivity contribution in [3.8, 4) is 5.75 Å². The SMILES string of the molecule is COc1cccc(CCC(=O)NC(C)C(C)C(=O)O)c1F. The van der Waals surface area contributed by atoms with Crippen LogP contribution in [0.4, 0.5) is 4.39 Å². The summed E-state index contributed by atoms with van der Waals surface area (Å²) in [7, 11) is 1.38. The van der Waals surface area contributed by atoms with Crippen LogP contribution < -0.4 is 10.1 Å². The van der Waals surface area contributed by atoms with Gasteiger partial charge in [0, 0.05) is 12.5 Å². The molecule has 0 saturated carbocycles. The number of carboxylic acids is 1. The maximum atomic E-state index is 13.9. The summed E-state index contributed by atoms with van der Waals surface area (Å²) in [6.07, 6.45) is 0.309. The first-order chi connectivity index (χ1) is 9.86. The Balaban J connectivity index is 2.56. The number of aryl methyl sites for hydroxylation is 1. The minimum absolute atomic E-state index is 0.0841. The van der Waals surface area contributed by atoms with E-state index in [-0.39, 0.29) is 24.5 Å². The van der Waals surface area contributed by atoms with Gasteiger partial charge in [0.05, 0.1) is 13.0 Å². The number of hydrogen-bond donors (Lipinski definition) is 2. The van der Waals surface area contributed by atoms with Crippen molar-refractivity contribution in [2.75, 3.05) is 7.11 Å². The number of amides is 1.